The molecule has 1 aliphatic heterocycles. The van der Waals surface area contributed by atoms with Crippen LogP contribution in [0.15, 0.2) is 36.7 Å². The third-order valence-electron chi connectivity index (χ3n) is 5.08. The van der Waals surface area contributed by atoms with Crippen molar-refractivity contribution in [3.8, 4) is 0 Å². The minimum absolute atomic E-state index is 0.589. The molecule has 0 radical (unpaired) electrons. The Labute approximate surface area is 126 Å². The standard InChI is InChI=1S/C18H23N3/c1-2-15-10-20-17(14-6-7-14)12-21(15)18-5-3-4-13-8-9-19-11-16(13)18/h3-5,8-9,11,14-15,17,20H,2,6-7,10,12H2,1H3. The highest BCUT2D eigenvalue weighted by Crippen LogP contribution is 2.37. The predicted octanol–water partition coefficient (Wildman–Crippen LogP) is 3.20. The number of nitrogens with one attached hydrogen (secondary N) is 1. The van der Waals surface area contributed by atoms with Gasteiger partial charge in [-0.2, -0.15) is 0 Å². The lowest BCUT2D eigenvalue weighted by molar-refractivity contribution is 0.360. The lowest BCUT2D eigenvalue weighted by Gasteiger charge is -2.42. The first-order valence-corrected chi connectivity index (χ1v) is 8.19. The van der Waals surface area contributed by atoms with Crippen LogP contribution in [0.2, 0.25) is 0 Å². The summed E-state index contributed by atoms with van der Waals surface area (Å²) in [6, 6.07) is 9.99. The summed E-state index contributed by atoms with van der Waals surface area (Å²) in [5.41, 5.74) is 1.36. The molecule has 2 atom stereocenters. The quantitative estimate of drug-likeness (QED) is 0.936. The van der Waals surface area contributed by atoms with E-state index in [0.717, 1.165) is 19.0 Å². The van der Waals surface area contributed by atoms with E-state index in [1.54, 1.807) is 0 Å². The molecule has 1 saturated carbocycles. The Morgan fingerprint density at radius 1 is 1.29 bits per heavy atom. The molecule has 1 aromatic heterocycles. The van der Waals surface area contributed by atoms with Crippen molar-refractivity contribution in [2.45, 2.75) is 38.3 Å². The molecule has 0 bridgehead atoms. The molecule has 3 heteroatoms. The molecule has 2 aliphatic rings. The van der Waals surface area contributed by atoms with E-state index in [-0.39, 0.29) is 0 Å². The maximum atomic E-state index is 4.34. The Morgan fingerprint density at radius 2 is 2.19 bits per heavy atom. The Kier molecular flexibility index (Phi) is 3.30. The van der Waals surface area contributed by atoms with Gasteiger partial charge in [0.15, 0.2) is 0 Å². The molecule has 3 nitrogen and oxygen atoms in total. The summed E-state index contributed by atoms with van der Waals surface area (Å²) in [6.45, 7) is 4.53. The highest BCUT2D eigenvalue weighted by atomic mass is 15.2. The van der Waals surface area contributed by atoms with Gasteiger partial charge in [-0.1, -0.05) is 19.1 Å². The molecule has 1 N–H and O–H groups in total. The zero-order valence-corrected chi connectivity index (χ0v) is 12.6. The van der Waals surface area contributed by atoms with E-state index in [1.165, 1.54) is 35.7 Å². The zero-order valence-electron chi connectivity index (χ0n) is 12.6. The van der Waals surface area contributed by atoms with Crippen molar-refractivity contribution in [1.29, 1.82) is 0 Å². The van der Waals surface area contributed by atoms with Gasteiger partial charge in [-0.15, -0.1) is 0 Å². The summed E-state index contributed by atoms with van der Waals surface area (Å²) in [7, 11) is 0. The van der Waals surface area contributed by atoms with Crippen molar-refractivity contribution in [2.24, 2.45) is 5.92 Å². The average molecular weight is 281 g/mol. The van der Waals surface area contributed by atoms with Crippen molar-refractivity contribution in [2.75, 3.05) is 18.0 Å². The fourth-order valence-electron chi connectivity index (χ4n) is 3.64. The molecule has 1 aliphatic carbocycles. The van der Waals surface area contributed by atoms with E-state index < -0.39 is 0 Å². The van der Waals surface area contributed by atoms with E-state index in [0.29, 0.717) is 12.1 Å². The van der Waals surface area contributed by atoms with Crippen molar-refractivity contribution in [3.63, 3.8) is 0 Å². The molecule has 2 fully saturated rings. The minimum Gasteiger partial charge on any atom is -0.365 e. The zero-order chi connectivity index (χ0) is 14.2. The van der Waals surface area contributed by atoms with Crippen LogP contribution < -0.4 is 10.2 Å². The predicted molar refractivity (Wildman–Crippen MR) is 87.7 cm³/mol. The van der Waals surface area contributed by atoms with E-state index in [9.17, 15) is 0 Å². The Bertz CT molecular complexity index is 630. The van der Waals surface area contributed by atoms with E-state index in [2.05, 4.69) is 46.4 Å². The van der Waals surface area contributed by atoms with E-state index >= 15 is 0 Å². The van der Waals surface area contributed by atoms with Gasteiger partial charge in [0.1, 0.15) is 0 Å². The molecule has 1 aromatic carbocycles. The van der Waals surface area contributed by atoms with Crippen LogP contribution in [-0.4, -0.2) is 30.2 Å². The number of hydrogen-bond donors (Lipinski definition) is 1. The molecule has 21 heavy (non-hydrogen) atoms. The van der Waals surface area contributed by atoms with Crippen LogP contribution in [-0.2, 0) is 0 Å². The van der Waals surface area contributed by atoms with Gasteiger partial charge >= 0.3 is 0 Å². The van der Waals surface area contributed by atoms with Crippen molar-refractivity contribution >= 4 is 16.5 Å². The van der Waals surface area contributed by atoms with Crippen LogP contribution in [0.1, 0.15) is 26.2 Å². The molecule has 4 rings (SSSR count). The number of rotatable bonds is 3. The van der Waals surface area contributed by atoms with Gasteiger partial charge in [-0.05, 0) is 42.7 Å². The first-order chi connectivity index (χ1) is 10.4. The lowest BCUT2D eigenvalue weighted by atomic mass is 10.0. The van der Waals surface area contributed by atoms with E-state index in [1.807, 2.05) is 12.4 Å². The number of piperazine rings is 1. The summed E-state index contributed by atoms with van der Waals surface area (Å²) in [5, 5.41) is 6.35. The molecular formula is C18H23N3. The second-order valence-corrected chi connectivity index (χ2v) is 6.44. The van der Waals surface area contributed by atoms with Crippen LogP contribution in [0.3, 0.4) is 0 Å². The first kappa shape index (κ1) is 13.1. The van der Waals surface area contributed by atoms with Crippen LogP contribution in [0.4, 0.5) is 5.69 Å². The molecule has 2 aromatic rings. The van der Waals surface area contributed by atoms with Crippen LogP contribution in [0.25, 0.3) is 10.8 Å². The summed E-state index contributed by atoms with van der Waals surface area (Å²) < 4.78 is 0. The Hall–Kier alpha value is -1.61. The first-order valence-electron chi connectivity index (χ1n) is 8.19. The van der Waals surface area contributed by atoms with Gasteiger partial charge in [0, 0.05) is 48.6 Å². The highest BCUT2D eigenvalue weighted by Gasteiger charge is 2.37. The number of aromatic nitrogens is 1. The number of benzene rings is 1. The van der Waals surface area contributed by atoms with Crippen molar-refractivity contribution < 1.29 is 0 Å². The molecule has 0 spiro atoms. The monoisotopic (exact) mass is 281 g/mol. The topological polar surface area (TPSA) is 28.2 Å². The number of pyridine rings is 1. The summed E-state index contributed by atoms with van der Waals surface area (Å²) in [6.07, 6.45) is 7.89. The summed E-state index contributed by atoms with van der Waals surface area (Å²) in [5.74, 6) is 0.901. The number of hydrogen-bond acceptors (Lipinski definition) is 3. The van der Waals surface area contributed by atoms with Gasteiger partial charge in [0.25, 0.3) is 0 Å². The fourth-order valence-corrected chi connectivity index (χ4v) is 3.64. The second kappa shape index (κ2) is 5.30. The minimum atomic E-state index is 0.589. The maximum absolute atomic E-state index is 4.34. The molecular weight excluding hydrogens is 258 g/mol. The lowest BCUT2D eigenvalue weighted by Crippen LogP contribution is -2.57. The fraction of sp³-hybridized carbons (Fsp3) is 0.500. The third-order valence-corrected chi connectivity index (χ3v) is 5.08. The normalized spacial score (nSPS) is 26.2. The van der Waals surface area contributed by atoms with Crippen LogP contribution >= 0.6 is 0 Å². The molecule has 1 saturated heterocycles. The molecule has 0 amide bonds. The third kappa shape index (κ3) is 2.40. The van der Waals surface area contributed by atoms with Gasteiger partial charge in [0.2, 0.25) is 0 Å². The Balaban J connectivity index is 1.73. The van der Waals surface area contributed by atoms with Gasteiger partial charge in [0.05, 0.1) is 0 Å². The highest BCUT2D eigenvalue weighted by molar-refractivity contribution is 5.93. The number of fused-ring (bicyclic) bond motifs is 1. The largest absolute Gasteiger partial charge is 0.365 e. The molecule has 2 unspecified atom stereocenters. The average Bonchev–Trinajstić information content (AvgIpc) is 3.39. The SMILES string of the molecule is CCC1CNC(C2CC2)CN1c1cccc2ccncc12. The van der Waals surface area contributed by atoms with Crippen molar-refractivity contribution in [1.82, 2.24) is 10.3 Å². The summed E-state index contributed by atoms with van der Waals surface area (Å²) in [4.78, 5) is 6.97. The second-order valence-electron chi connectivity index (χ2n) is 6.44. The maximum Gasteiger partial charge on any atom is 0.0465 e. The summed E-state index contributed by atoms with van der Waals surface area (Å²) >= 11 is 0. The van der Waals surface area contributed by atoms with Crippen LogP contribution in [0.5, 0.6) is 0 Å². The van der Waals surface area contributed by atoms with E-state index in [4.69, 9.17) is 0 Å². The van der Waals surface area contributed by atoms with Gasteiger partial charge < -0.3 is 10.2 Å². The van der Waals surface area contributed by atoms with Crippen LogP contribution in [0, 0.1) is 5.92 Å². The smallest absolute Gasteiger partial charge is 0.0465 e. The number of nitrogens with zero attached hydrogens (tertiary/aromatic N) is 2. The molecule has 2 heterocycles. The Morgan fingerprint density at radius 3 is 3.00 bits per heavy atom. The van der Waals surface area contributed by atoms with Gasteiger partial charge in [-0.25, -0.2) is 0 Å². The van der Waals surface area contributed by atoms with Crippen molar-refractivity contribution in [3.05, 3.63) is 36.7 Å². The molecule has 110 valence electrons. The van der Waals surface area contributed by atoms with Gasteiger partial charge in [-0.3, -0.25) is 4.98 Å². The number of anilines is 1.